The van der Waals surface area contributed by atoms with Crippen molar-refractivity contribution in [3.05, 3.63) is 29.6 Å². The first-order valence-electron chi connectivity index (χ1n) is 9.69. The molecule has 0 bridgehead atoms. The summed E-state index contributed by atoms with van der Waals surface area (Å²) in [5, 5.41) is 9.41. The van der Waals surface area contributed by atoms with Gasteiger partial charge in [0, 0.05) is 50.0 Å². The number of carbonyl (C=O) groups is 1. The summed E-state index contributed by atoms with van der Waals surface area (Å²) in [4.78, 5) is 15.4. The van der Waals surface area contributed by atoms with Crippen molar-refractivity contribution < 1.29 is 22.7 Å². The number of aliphatic hydroxyl groups is 1. The van der Waals surface area contributed by atoms with E-state index < -0.39 is 21.9 Å². The van der Waals surface area contributed by atoms with Crippen LogP contribution in [0.1, 0.15) is 32.3 Å². The van der Waals surface area contributed by atoms with Gasteiger partial charge in [-0.15, -0.1) is 0 Å². The predicted molar refractivity (Wildman–Crippen MR) is 105 cm³/mol. The molecule has 2 heterocycles. The van der Waals surface area contributed by atoms with E-state index in [1.165, 1.54) is 17.3 Å². The van der Waals surface area contributed by atoms with Crippen LogP contribution in [-0.2, 0) is 21.4 Å². The summed E-state index contributed by atoms with van der Waals surface area (Å²) in [5.74, 6) is -0.599. The SMILES string of the molecule is CC(O)C(=O)N1CCN(c2ccc(CN3C(C)CCCS3(=O)=O)c(F)c2)CC1. The van der Waals surface area contributed by atoms with Gasteiger partial charge >= 0.3 is 0 Å². The summed E-state index contributed by atoms with van der Waals surface area (Å²) in [6.45, 7) is 5.40. The number of rotatable bonds is 4. The quantitative estimate of drug-likeness (QED) is 0.802. The van der Waals surface area contributed by atoms with Crippen LogP contribution in [0.25, 0.3) is 0 Å². The van der Waals surface area contributed by atoms with Gasteiger partial charge in [-0.05, 0) is 38.8 Å². The van der Waals surface area contributed by atoms with Gasteiger partial charge in [-0.3, -0.25) is 4.79 Å². The molecule has 1 amide bonds. The number of piperazine rings is 1. The van der Waals surface area contributed by atoms with E-state index in [0.717, 1.165) is 6.42 Å². The molecule has 2 fully saturated rings. The lowest BCUT2D eigenvalue weighted by Gasteiger charge is -2.37. The van der Waals surface area contributed by atoms with Gasteiger partial charge in [-0.2, -0.15) is 4.31 Å². The minimum Gasteiger partial charge on any atom is -0.384 e. The van der Waals surface area contributed by atoms with E-state index in [-0.39, 0.29) is 24.2 Å². The van der Waals surface area contributed by atoms with Crippen molar-refractivity contribution in [3.8, 4) is 0 Å². The van der Waals surface area contributed by atoms with Crippen LogP contribution in [-0.4, -0.2) is 72.7 Å². The van der Waals surface area contributed by atoms with Crippen LogP contribution in [0, 0.1) is 5.82 Å². The lowest BCUT2D eigenvalue weighted by molar-refractivity contribution is -0.139. The summed E-state index contributed by atoms with van der Waals surface area (Å²) in [6, 6.07) is 4.75. The Labute approximate surface area is 165 Å². The first-order valence-corrected chi connectivity index (χ1v) is 11.3. The Morgan fingerprint density at radius 3 is 2.54 bits per heavy atom. The number of hydrogen-bond donors (Lipinski definition) is 1. The van der Waals surface area contributed by atoms with Crippen molar-refractivity contribution in [2.45, 2.75) is 45.4 Å². The van der Waals surface area contributed by atoms with E-state index in [1.54, 1.807) is 17.0 Å². The molecule has 28 heavy (non-hydrogen) atoms. The largest absolute Gasteiger partial charge is 0.384 e. The van der Waals surface area contributed by atoms with E-state index in [9.17, 15) is 22.7 Å². The highest BCUT2D eigenvalue weighted by Gasteiger charge is 2.32. The van der Waals surface area contributed by atoms with Crippen LogP contribution < -0.4 is 4.90 Å². The zero-order valence-electron chi connectivity index (χ0n) is 16.3. The molecule has 0 saturated carbocycles. The highest BCUT2D eigenvalue weighted by molar-refractivity contribution is 7.89. The molecule has 2 unspecified atom stereocenters. The number of halogens is 1. The molecule has 0 aromatic heterocycles. The van der Waals surface area contributed by atoms with Crippen LogP contribution in [0.2, 0.25) is 0 Å². The van der Waals surface area contributed by atoms with E-state index in [0.29, 0.717) is 43.9 Å². The summed E-state index contributed by atoms with van der Waals surface area (Å²) < 4.78 is 40.7. The Morgan fingerprint density at radius 2 is 1.96 bits per heavy atom. The highest BCUT2D eigenvalue weighted by atomic mass is 32.2. The zero-order valence-corrected chi connectivity index (χ0v) is 17.2. The van der Waals surface area contributed by atoms with Crippen molar-refractivity contribution in [1.82, 2.24) is 9.21 Å². The van der Waals surface area contributed by atoms with Crippen molar-refractivity contribution in [3.63, 3.8) is 0 Å². The van der Waals surface area contributed by atoms with Crippen molar-refractivity contribution in [1.29, 1.82) is 0 Å². The predicted octanol–water partition coefficient (Wildman–Crippen LogP) is 1.17. The maximum absolute atomic E-state index is 14.7. The topological polar surface area (TPSA) is 81.2 Å². The molecule has 7 nitrogen and oxygen atoms in total. The van der Waals surface area contributed by atoms with Crippen LogP contribution >= 0.6 is 0 Å². The fourth-order valence-corrected chi connectivity index (χ4v) is 5.58. The molecule has 2 saturated heterocycles. The molecule has 2 aliphatic heterocycles. The number of amides is 1. The fraction of sp³-hybridized carbons (Fsp3) is 0.632. The minimum absolute atomic E-state index is 0.0479. The maximum Gasteiger partial charge on any atom is 0.251 e. The van der Waals surface area contributed by atoms with Crippen molar-refractivity contribution in [2.75, 3.05) is 36.8 Å². The summed E-state index contributed by atoms with van der Waals surface area (Å²) >= 11 is 0. The number of sulfonamides is 1. The summed E-state index contributed by atoms with van der Waals surface area (Å²) in [5.41, 5.74) is 1.07. The molecular weight excluding hydrogens is 385 g/mol. The third kappa shape index (κ3) is 4.47. The molecular formula is C19H28FN3O4S. The third-order valence-electron chi connectivity index (χ3n) is 5.55. The lowest BCUT2D eigenvalue weighted by atomic mass is 10.1. The Bertz CT molecular complexity index is 822. The van der Waals surface area contributed by atoms with Gasteiger partial charge in [0.1, 0.15) is 11.9 Å². The average Bonchev–Trinajstić information content (AvgIpc) is 2.65. The molecule has 2 aliphatic rings. The van der Waals surface area contributed by atoms with Crippen LogP contribution in [0.3, 0.4) is 0 Å². The van der Waals surface area contributed by atoms with Gasteiger partial charge < -0.3 is 14.9 Å². The first kappa shape index (κ1) is 21.0. The monoisotopic (exact) mass is 413 g/mol. The van der Waals surface area contributed by atoms with Gasteiger partial charge in [0.05, 0.1) is 5.75 Å². The number of anilines is 1. The summed E-state index contributed by atoms with van der Waals surface area (Å²) in [7, 11) is -3.34. The second kappa shape index (κ2) is 8.34. The molecule has 156 valence electrons. The van der Waals surface area contributed by atoms with E-state index in [4.69, 9.17) is 0 Å². The number of benzene rings is 1. The van der Waals surface area contributed by atoms with Gasteiger partial charge in [0.25, 0.3) is 5.91 Å². The van der Waals surface area contributed by atoms with Gasteiger partial charge in [-0.1, -0.05) is 6.07 Å². The van der Waals surface area contributed by atoms with E-state index >= 15 is 0 Å². The maximum atomic E-state index is 14.7. The van der Waals surface area contributed by atoms with Crippen LogP contribution in [0.15, 0.2) is 18.2 Å². The third-order valence-corrected chi connectivity index (χ3v) is 7.56. The molecule has 1 aromatic carbocycles. The normalized spacial score (nSPS) is 24.2. The van der Waals surface area contributed by atoms with Gasteiger partial charge in [0.2, 0.25) is 10.0 Å². The van der Waals surface area contributed by atoms with Gasteiger partial charge in [0.15, 0.2) is 0 Å². The molecule has 3 rings (SSSR count). The molecule has 1 N–H and O–H groups in total. The smallest absolute Gasteiger partial charge is 0.251 e. The highest BCUT2D eigenvalue weighted by Crippen LogP contribution is 2.26. The zero-order chi connectivity index (χ0) is 20.5. The Balaban J connectivity index is 1.67. The number of carbonyl (C=O) groups excluding carboxylic acids is 1. The standard InChI is InChI=1S/C19H28FN3O4S/c1-14-4-3-11-28(26,27)23(14)13-16-5-6-17(12-18(16)20)21-7-9-22(10-8-21)19(25)15(2)24/h5-6,12,14-15,24H,3-4,7-11,13H2,1-2H3. The van der Waals surface area contributed by atoms with Gasteiger partial charge in [-0.25, -0.2) is 12.8 Å². The second-order valence-electron chi connectivity index (χ2n) is 7.62. The Morgan fingerprint density at radius 1 is 1.29 bits per heavy atom. The van der Waals surface area contributed by atoms with Crippen molar-refractivity contribution in [2.24, 2.45) is 0 Å². The molecule has 0 aliphatic carbocycles. The van der Waals surface area contributed by atoms with Crippen molar-refractivity contribution >= 4 is 21.6 Å². The molecule has 0 spiro atoms. The number of hydrogen-bond acceptors (Lipinski definition) is 5. The van der Waals surface area contributed by atoms with Crippen LogP contribution in [0.5, 0.6) is 0 Å². The Hall–Kier alpha value is -1.71. The van der Waals surface area contributed by atoms with E-state index in [2.05, 4.69) is 0 Å². The molecule has 2 atom stereocenters. The molecule has 0 radical (unpaired) electrons. The molecule has 1 aromatic rings. The average molecular weight is 414 g/mol. The van der Waals surface area contributed by atoms with Crippen LogP contribution in [0.4, 0.5) is 10.1 Å². The Kier molecular flexibility index (Phi) is 6.26. The van der Waals surface area contributed by atoms with E-state index in [1.807, 2.05) is 11.8 Å². The second-order valence-corrected chi connectivity index (χ2v) is 9.66. The number of nitrogens with zero attached hydrogens (tertiary/aromatic N) is 3. The lowest BCUT2D eigenvalue weighted by Crippen LogP contribution is -2.51. The summed E-state index contributed by atoms with van der Waals surface area (Å²) in [6.07, 6.45) is 0.413. The minimum atomic E-state index is -3.34. The fourth-order valence-electron chi connectivity index (χ4n) is 3.83. The first-order chi connectivity index (χ1) is 13.2. The number of aliphatic hydroxyl groups excluding tert-OH is 1. The molecule has 9 heteroatoms.